The third kappa shape index (κ3) is 13.1. The number of hydrogen-bond donors (Lipinski definition) is 0. The van der Waals surface area contributed by atoms with E-state index in [1.807, 2.05) is 0 Å². The third-order valence-corrected chi connectivity index (χ3v) is 4.85. The van der Waals surface area contributed by atoms with Crippen LogP contribution in [0, 0.1) is 5.92 Å². The molecule has 1 unspecified atom stereocenters. The van der Waals surface area contributed by atoms with Crippen LogP contribution in [0.5, 0.6) is 0 Å². The van der Waals surface area contributed by atoms with Gasteiger partial charge in [0, 0.05) is 0 Å². The van der Waals surface area contributed by atoms with Crippen molar-refractivity contribution in [3.05, 3.63) is 0 Å². The smallest absolute Gasteiger partial charge is 0.0744 e. The lowest BCUT2D eigenvalue weighted by atomic mass is 9.40. The maximum Gasteiger partial charge on any atom is 0.140 e. The molecule has 1 atom stereocenters. The van der Waals surface area contributed by atoms with E-state index in [4.69, 9.17) is 0 Å². The zero-order valence-electron chi connectivity index (χ0n) is 15.1. The molecule has 0 aliphatic rings. The average Bonchev–Trinajstić information content (AvgIpc) is 2.45. The van der Waals surface area contributed by atoms with Gasteiger partial charge in [-0.2, -0.15) is 0 Å². The molecular weight excluding hydrogens is 239 g/mol. The molecule has 0 heterocycles. The molecule has 0 saturated heterocycles. The molecule has 0 fully saturated rings. The van der Waals surface area contributed by atoms with E-state index in [-0.39, 0.29) is 0 Å². The number of unbranched alkanes of at least 4 members (excludes halogenated alkanes) is 8. The van der Waals surface area contributed by atoms with Gasteiger partial charge in [-0.05, 0) is 0 Å². The van der Waals surface area contributed by atoms with Gasteiger partial charge in [0.2, 0.25) is 0 Å². The van der Waals surface area contributed by atoms with Crippen LogP contribution in [0.2, 0.25) is 19.0 Å². The Bertz CT molecular complexity index is 179. The van der Waals surface area contributed by atoms with Crippen LogP contribution in [0.4, 0.5) is 0 Å². The van der Waals surface area contributed by atoms with Crippen molar-refractivity contribution in [3.63, 3.8) is 0 Å². The van der Waals surface area contributed by atoms with Crippen LogP contribution in [0.3, 0.4) is 0 Å². The van der Waals surface area contributed by atoms with Crippen LogP contribution in [0.1, 0.15) is 98.3 Å². The van der Waals surface area contributed by atoms with Crippen LogP contribution in [0.15, 0.2) is 0 Å². The van der Waals surface area contributed by atoms with Crippen LogP contribution in [0.25, 0.3) is 0 Å². The van der Waals surface area contributed by atoms with Crippen molar-refractivity contribution in [1.29, 1.82) is 0 Å². The van der Waals surface area contributed by atoms with E-state index in [0.717, 1.165) is 12.6 Å². The van der Waals surface area contributed by atoms with E-state index in [1.165, 1.54) is 89.6 Å². The fraction of sp³-hybridized carbons (Fsp3) is 1.00. The van der Waals surface area contributed by atoms with Crippen LogP contribution in [-0.4, -0.2) is 6.71 Å². The summed E-state index contributed by atoms with van der Waals surface area (Å²) in [6.45, 7) is 10.4. The lowest BCUT2D eigenvalue weighted by Crippen LogP contribution is -2.15. The van der Waals surface area contributed by atoms with Gasteiger partial charge in [0.15, 0.2) is 0 Å². The highest BCUT2D eigenvalue weighted by Gasteiger charge is 2.14. The maximum atomic E-state index is 2.43. The maximum absolute atomic E-state index is 2.43. The normalized spacial score (nSPS) is 12.6. The lowest BCUT2D eigenvalue weighted by molar-refractivity contribution is 0.570. The molecule has 0 aliphatic heterocycles. The van der Waals surface area contributed by atoms with E-state index in [1.54, 1.807) is 0 Å². The fourth-order valence-electron chi connectivity index (χ4n) is 3.27. The Balaban J connectivity index is 3.44. The molecule has 120 valence electrons. The molecule has 0 bridgehead atoms. The van der Waals surface area contributed by atoms with Gasteiger partial charge >= 0.3 is 0 Å². The van der Waals surface area contributed by atoms with Gasteiger partial charge in [0.25, 0.3) is 0 Å². The average molecular weight is 280 g/mol. The van der Waals surface area contributed by atoms with Gasteiger partial charge < -0.3 is 0 Å². The molecule has 1 heteroatoms. The first kappa shape index (κ1) is 20.1. The summed E-state index contributed by atoms with van der Waals surface area (Å²) in [5.41, 5.74) is 0. The Labute approximate surface area is 130 Å². The van der Waals surface area contributed by atoms with Crippen molar-refractivity contribution in [2.75, 3.05) is 0 Å². The third-order valence-electron chi connectivity index (χ3n) is 4.85. The first-order valence-corrected chi connectivity index (χ1v) is 9.74. The molecule has 0 nitrogen and oxygen atoms in total. The highest BCUT2D eigenvalue weighted by molar-refractivity contribution is 6.58. The summed E-state index contributed by atoms with van der Waals surface area (Å²) < 4.78 is 0. The summed E-state index contributed by atoms with van der Waals surface area (Å²) in [6, 6.07) is 0. The van der Waals surface area contributed by atoms with E-state index in [0.29, 0.717) is 0 Å². The zero-order chi connectivity index (χ0) is 15.1. The highest BCUT2D eigenvalue weighted by Crippen LogP contribution is 2.20. The summed E-state index contributed by atoms with van der Waals surface area (Å²) in [5.74, 6) is 0.935. The Morgan fingerprint density at radius 1 is 0.650 bits per heavy atom. The molecule has 0 aromatic heterocycles. The Hall–Kier alpha value is 0.0649. The summed E-state index contributed by atoms with van der Waals surface area (Å²) in [6.07, 6.45) is 20.3. The highest BCUT2D eigenvalue weighted by atomic mass is 14.0. The van der Waals surface area contributed by atoms with E-state index < -0.39 is 0 Å². The van der Waals surface area contributed by atoms with Gasteiger partial charge in [0.05, 0.1) is 0 Å². The molecule has 20 heavy (non-hydrogen) atoms. The second kappa shape index (κ2) is 15.5. The minimum atomic E-state index is 0.935. The summed E-state index contributed by atoms with van der Waals surface area (Å²) in [4.78, 5) is 0. The Kier molecular flexibility index (Phi) is 15.5. The molecule has 0 N–H and O–H groups in total. The number of rotatable bonds is 15. The molecule has 0 aromatic rings. The van der Waals surface area contributed by atoms with Crippen molar-refractivity contribution in [1.82, 2.24) is 0 Å². The van der Waals surface area contributed by atoms with Gasteiger partial charge in [-0.3, -0.25) is 0 Å². The minimum Gasteiger partial charge on any atom is -0.0744 e. The second-order valence-corrected chi connectivity index (χ2v) is 7.02. The predicted molar refractivity (Wildman–Crippen MR) is 97.1 cm³/mol. The minimum absolute atomic E-state index is 0.935. The monoisotopic (exact) mass is 280 g/mol. The topological polar surface area (TPSA) is 0 Å². The molecular formula is C19H41B. The molecule has 0 amide bonds. The van der Waals surface area contributed by atoms with Gasteiger partial charge in [-0.25, -0.2) is 0 Å². The first-order valence-electron chi connectivity index (χ1n) is 9.74. The predicted octanol–water partition coefficient (Wildman–Crippen LogP) is 7.47. The largest absolute Gasteiger partial charge is 0.140 e. The molecule has 0 aromatic carbocycles. The van der Waals surface area contributed by atoms with E-state index >= 15 is 0 Å². The summed E-state index contributed by atoms with van der Waals surface area (Å²) in [7, 11) is 0. The van der Waals surface area contributed by atoms with Crippen LogP contribution in [-0.2, 0) is 0 Å². The van der Waals surface area contributed by atoms with E-state index in [9.17, 15) is 0 Å². The first-order chi connectivity index (χ1) is 9.74. The zero-order valence-corrected chi connectivity index (χ0v) is 15.1. The van der Waals surface area contributed by atoms with Gasteiger partial charge in [-0.1, -0.05) is 123 Å². The molecule has 0 spiro atoms. The van der Waals surface area contributed by atoms with Crippen molar-refractivity contribution >= 4 is 6.71 Å². The molecule has 0 saturated carbocycles. The Morgan fingerprint density at radius 3 is 1.70 bits per heavy atom. The van der Waals surface area contributed by atoms with Crippen molar-refractivity contribution in [2.24, 2.45) is 5.92 Å². The van der Waals surface area contributed by atoms with Gasteiger partial charge in [-0.15, -0.1) is 0 Å². The molecule has 0 rings (SSSR count). The SMILES string of the molecule is CCCCCCCCCCCB(CCC)CC(C)CC. The molecule has 0 radical (unpaired) electrons. The van der Waals surface area contributed by atoms with Crippen LogP contribution >= 0.6 is 0 Å². The fourth-order valence-corrected chi connectivity index (χ4v) is 3.27. The summed E-state index contributed by atoms with van der Waals surface area (Å²) >= 11 is 0. The quantitative estimate of drug-likeness (QED) is 0.215. The van der Waals surface area contributed by atoms with Crippen molar-refractivity contribution in [3.8, 4) is 0 Å². The van der Waals surface area contributed by atoms with Crippen LogP contribution < -0.4 is 0 Å². The second-order valence-electron chi connectivity index (χ2n) is 7.02. The van der Waals surface area contributed by atoms with Crippen molar-refractivity contribution < 1.29 is 0 Å². The number of hydrogen-bond acceptors (Lipinski definition) is 0. The lowest BCUT2D eigenvalue weighted by Gasteiger charge is -2.16. The summed E-state index contributed by atoms with van der Waals surface area (Å²) in [5, 5.41) is 0. The standard InChI is InChI=1S/C19H41B/c1-5-8-9-10-11-12-13-14-15-17-20(16-6-2)18-19(4)7-3/h19H,5-18H2,1-4H3. The van der Waals surface area contributed by atoms with E-state index in [2.05, 4.69) is 27.7 Å². The van der Waals surface area contributed by atoms with Gasteiger partial charge in [0.1, 0.15) is 6.71 Å². The van der Waals surface area contributed by atoms with Crippen molar-refractivity contribution in [2.45, 2.75) is 117 Å². The molecule has 0 aliphatic carbocycles. The Morgan fingerprint density at radius 2 is 1.20 bits per heavy atom.